The molecule has 1 aromatic carbocycles. The number of hydrogen-bond donors (Lipinski definition) is 0. The fourth-order valence-corrected chi connectivity index (χ4v) is 2.96. The van der Waals surface area contributed by atoms with Crippen molar-refractivity contribution in [3.63, 3.8) is 0 Å². The molecule has 0 unspecified atom stereocenters. The third-order valence-electron chi connectivity index (χ3n) is 4.50. The lowest BCUT2D eigenvalue weighted by molar-refractivity contribution is -0.117. The maximum absolute atomic E-state index is 11.3. The standard InChI is InChI=1S/C22H34O/c1-18(2)10-8-11-19(3)22(17-16-20(4)23)15-9-14-21-12-6-5-7-13-21/h5-7,12-13,15,18-19H,8-11,14,16-17H2,1-4H3/b22-15-/t19-/m1/s1. The smallest absolute Gasteiger partial charge is 0.130 e. The van der Waals surface area contributed by atoms with Gasteiger partial charge in [0.1, 0.15) is 5.78 Å². The predicted molar refractivity (Wildman–Crippen MR) is 101 cm³/mol. The Hall–Kier alpha value is -1.37. The van der Waals surface area contributed by atoms with E-state index in [-0.39, 0.29) is 0 Å². The van der Waals surface area contributed by atoms with E-state index in [0.29, 0.717) is 18.1 Å². The van der Waals surface area contributed by atoms with Crippen LogP contribution in [0.2, 0.25) is 0 Å². The molecule has 0 radical (unpaired) electrons. The molecule has 0 saturated heterocycles. The summed E-state index contributed by atoms with van der Waals surface area (Å²) in [5.41, 5.74) is 2.88. The molecule has 0 saturated carbocycles. The molecule has 0 aromatic heterocycles. The zero-order valence-corrected chi connectivity index (χ0v) is 15.5. The van der Waals surface area contributed by atoms with Gasteiger partial charge in [0.25, 0.3) is 0 Å². The maximum Gasteiger partial charge on any atom is 0.130 e. The van der Waals surface area contributed by atoms with E-state index in [1.54, 1.807) is 6.92 Å². The van der Waals surface area contributed by atoms with Crippen LogP contribution >= 0.6 is 0 Å². The van der Waals surface area contributed by atoms with Crippen LogP contribution in [-0.2, 0) is 11.2 Å². The Morgan fingerprint density at radius 1 is 1.04 bits per heavy atom. The van der Waals surface area contributed by atoms with Gasteiger partial charge >= 0.3 is 0 Å². The van der Waals surface area contributed by atoms with Gasteiger partial charge in [-0.15, -0.1) is 0 Å². The SMILES string of the molecule is CC(=O)CC/C(=C/CCc1ccccc1)[C@H](C)CCCC(C)C. The quantitative estimate of drug-likeness (QED) is 0.433. The van der Waals surface area contributed by atoms with E-state index in [1.807, 2.05) is 0 Å². The summed E-state index contributed by atoms with van der Waals surface area (Å²) in [4.78, 5) is 11.3. The topological polar surface area (TPSA) is 17.1 Å². The van der Waals surface area contributed by atoms with Gasteiger partial charge in [0.05, 0.1) is 0 Å². The number of hydrogen-bond acceptors (Lipinski definition) is 1. The minimum absolute atomic E-state index is 0.299. The minimum atomic E-state index is 0.299. The normalized spacial score (nSPS) is 13.3. The molecule has 1 aromatic rings. The highest BCUT2D eigenvalue weighted by molar-refractivity contribution is 5.75. The third kappa shape index (κ3) is 9.38. The number of rotatable bonds is 11. The van der Waals surface area contributed by atoms with Gasteiger partial charge in [0, 0.05) is 6.42 Å². The van der Waals surface area contributed by atoms with Crippen LogP contribution in [0.4, 0.5) is 0 Å². The van der Waals surface area contributed by atoms with E-state index < -0.39 is 0 Å². The van der Waals surface area contributed by atoms with E-state index in [0.717, 1.165) is 25.2 Å². The summed E-state index contributed by atoms with van der Waals surface area (Å²) in [6.45, 7) is 8.61. The van der Waals surface area contributed by atoms with Crippen molar-refractivity contribution in [2.24, 2.45) is 11.8 Å². The van der Waals surface area contributed by atoms with Crippen molar-refractivity contribution in [3.8, 4) is 0 Å². The Morgan fingerprint density at radius 2 is 1.74 bits per heavy atom. The lowest BCUT2D eigenvalue weighted by Crippen LogP contribution is -2.04. The number of Topliss-reactive ketones (excluding diaryl/α,β-unsaturated/α-hetero) is 1. The molecule has 1 heteroatoms. The maximum atomic E-state index is 11.3. The summed E-state index contributed by atoms with van der Waals surface area (Å²) in [5.74, 6) is 1.68. The summed E-state index contributed by atoms with van der Waals surface area (Å²) in [6, 6.07) is 10.6. The predicted octanol–water partition coefficient (Wildman–Crippen LogP) is 6.38. The number of aryl methyl sites for hydroxylation is 1. The third-order valence-corrected chi connectivity index (χ3v) is 4.50. The van der Waals surface area contributed by atoms with Crippen LogP contribution in [0.5, 0.6) is 0 Å². The van der Waals surface area contributed by atoms with Crippen molar-refractivity contribution in [1.29, 1.82) is 0 Å². The van der Waals surface area contributed by atoms with Crippen molar-refractivity contribution < 1.29 is 4.79 Å². The van der Waals surface area contributed by atoms with Crippen LogP contribution in [0.1, 0.15) is 71.8 Å². The van der Waals surface area contributed by atoms with Crippen molar-refractivity contribution in [2.45, 2.75) is 72.6 Å². The van der Waals surface area contributed by atoms with Crippen LogP contribution in [-0.4, -0.2) is 5.78 Å². The van der Waals surface area contributed by atoms with Crippen LogP contribution in [0.3, 0.4) is 0 Å². The molecule has 0 aliphatic rings. The first kappa shape index (κ1) is 19.7. The summed E-state index contributed by atoms with van der Waals surface area (Å²) < 4.78 is 0. The molecule has 0 N–H and O–H groups in total. The molecule has 0 aliphatic heterocycles. The van der Waals surface area contributed by atoms with Gasteiger partial charge in [0.2, 0.25) is 0 Å². The van der Waals surface area contributed by atoms with Gasteiger partial charge in [-0.1, -0.05) is 75.6 Å². The fourth-order valence-electron chi connectivity index (χ4n) is 2.96. The number of allylic oxidation sites excluding steroid dienone is 2. The van der Waals surface area contributed by atoms with Gasteiger partial charge in [-0.2, -0.15) is 0 Å². The summed E-state index contributed by atoms with van der Waals surface area (Å²) in [7, 11) is 0. The van der Waals surface area contributed by atoms with Gasteiger partial charge in [-0.25, -0.2) is 0 Å². The average Bonchev–Trinajstić information content (AvgIpc) is 2.51. The second-order valence-corrected chi connectivity index (χ2v) is 7.23. The molecule has 0 heterocycles. The Kier molecular flexibility index (Phi) is 9.59. The van der Waals surface area contributed by atoms with Gasteiger partial charge in [-0.3, -0.25) is 0 Å². The van der Waals surface area contributed by atoms with Crippen molar-refractivity contribution in [1.82, 2.24) is 0 Å². The van der Waals surface area contributed by atoms with Crippen LogP contribution in [0, 0.1) is 11.8 Å². The van der Waals surface area contributed by atoms with Gasteiger partial charge in [0.15, 0.2) is 0 Å². The number of carbonyl (C=O) groups is 1. The highest BCUT2D eigenvalue weighted by Crippen LogP contribution is 2.24. The van der Waals surface area contributed by atoms with Crippen LogP contribution < -0.4 is 0 Å². The van der Waals surface area contributed by atoms with Crippen molar-refractivity contribution in [3.05, 3.63) is 47.5 Å². The second-order valence-electron chi connectivity index (χ2n) is 7.23. The van der Waals surface area contributed by atoms with E-state index >= 15 is 0 Å². The van der Waals surface area contributed by atoms with Crippen molar-refractivity contribution in [2.75, 3.05) is 0 Å². The van der Waals surface area contributed by atoms with Gasteiger partial charge < -0.3 is 4.79 Å². The number of ketones is 1. The zero-order chi connectivity index (χ0) is 17.1. The highest BCUT2D eigenvalue weighted by Gasteiger charge is 2.10. The molecule has 1 rings (SSSR count). The molecule has 0 aliphatic carbocycles. The largest absolute Gasteiger partial charge is 0.300 e. The van der Waals surface area contributed by atoms with E-state index in [2.05, 4.69) is 57.2 Å². The van der Waals surface area contributed by atoms with Crippen LogP contribution in [0.15, 0.2) is 42.0 Å². The molecular formula is C22H34O. The Bertz CT molecular complexity index is 470. The molecule has 1 nitrogen and oxygen atoms in total. The Morgan fingerprint density at radius 3 is 2.35 bits per heavy atom. The van der Waals surface area contributed by atoms with E-state index in [9.17, 15) is 4.79 Å². The molecule has 0 spiro atoms. The van der Waals surface area contributed by atoms with Crippen LogP contribution in [0.25, 0.3) is 0 Å². The van der Waals surface area contributed by atoms with E-state index in [1.165, 1.54) is 30.4 Å². The molecule has 1 atom stereocenters. The second kappa shape index (κ2) is 11.2. The van der Waals surface area contributed by atoms with Gasteiger partial charge in [-0.05, 0) is 50.0 Å². The Balaban J connectivity index is 2.55. The lowest BCUT2D eigenvalue weighted by Gasteiger charge is -2.17. The van der Waals surface area contributed by atoms with Crippen molar-refractivity contribution >= 4 is 5.78 Å². The first-order valence-corrected chi connectivity index (χ1v) is 9.21. The first-order valence-electron chi connectivity index (χ1n) is 9.21. The average molecular weight is 315 g/mol. The highest BCUT2D eigenvalue weighted by atomic mass is 16.1. The summed E-state index contributed by atoms with van der Waals surface area (Å²) >= 11 is 0. The summed E-state index contributed by atoms with van der Waals surface area (Å²) in [5, 5.41) is 0. The monoisotopic (exact) mass is 314 g/mol. The zero-order valence-electron chi connectivity index (χ0n) is 15.5. The lowest BCUT2D eigenvalue weighted by atomic mass is 9.89. The molecule has 23 heavy (non-hydrogen) atoms. The molecular weight excluding hydrogens is 280 g/mol. The molecule has 0 bridgehead atoms. The number of carbonyl (C=O) groups excluding carboxylic acids is 1. The number of benzene rings is 1. The molecule has 0 amide bonds. The summed E-state index contributed by atoms with van der Waals surface area (Å²) in [6.07, 6.45) is 10.0. The molecule has 0 fully saturated rings. The minimum Gasteiger partial charge on any atom is -0.300 e. The Labute approximate surface area is 143 Å². The fraction of sp³-hybridized carbons (Fsp3) is 0.591. The van der Waals surface area contributed by atoms with E-state index in [4.69, 9.17) is 0 Å². The first-order chi connectivity index (χ1) is 11.0. The molecule has 128 valence electrons.